The standard InChI is InChI=1S/C17H17ClFNO2/c1-12-9-15(5-6-16(12)18)22-11-17(21)20-8-7-13-3-2-4-14(19)10-13/h2-6,9-10H,7-8,11H2,1H3,(H,20,21). The first-order valence-electron chi connectivity index (χ1n) is 6.94. The number of amides is 1. The lowest BCUT2D eigenvalue weighted by atomic mass is 10.1. The molecule has 0 saturated heterocycles. The molecule has 2 aromatic rings. The van der Waals surface area contributed by atoms with Crippen molar-refractivity contribution in [2.75, 3.05) is 13.2 Å². The molecule has 116 valence electrons. The highest BCUT2D eigenvalue weighted by Crippen LogP contribution is 2.20. The zero-order valence-corrected chi connectivity index (χ0v) is 13.0. The van der Waals surface area contributed by atoms with Crippen molar-refractivity contribution in [3.63, 3.8) is 0 Å². The van der Waals surface area contributed by atoms with Crippen molar-refractivity contribution in [2.24, 2.45) is 0 Å². The van der Waals surface area contributed by atoms with Crippen LogP contribution < -0.4 is 10.1 Å². The van der Waals surface area contributed by atoms with Crippen LogP contribution in [0.3, 0.4) is 0 Å². The van der Waals surface area contributed by atoms with Crippen LogP contribution in [-0.4, -0.2) is 19.1 Å². The fraction of sp³-hybridized carbons (Fsp3) is 0.235. The van der Waals surface area contributed by atoms with E-state index < -0.39 is 0 Å². The molecule has 0 heterocycles. The van der Waals surface area contributed by atoms with Gasteiger partial charge in [-0.2, -0.15) is 0 Å². The Kier molecular flexibility index (Phi) is 5.78. The largest absolute Gasteiger partial charge is 0.484 e. The summed E-state index contributed by atoms with van der Waals surface area (Å²) in [5.74, 6) is 0.108. The Morgan fingerprint density at radius 2 is 2.09 bits per heavy atom. The molecule has 0 radical (unpaired) electrons. The summed E-state index contributed by atoms with van der Waals surface area (Å²) in [5, 5.41) is 3.39. The number of benzene rings is 2. The SMILES string of the molecule is Cc1cc(OCC(=O)NCCc2cccc(F)c2)ccc1Cl. The third-order valence-corrected chi connectivity index (χ3v) is 3.55. The number of carbonyl (C=O) groups is 1. The average Bonchev–Trinajstić information content (AvgIpc) is 2.48. The second-order valence-electron chi connectivity index (χ2n) is 4.93. The van der Waals surface area contributed by atoms with Gasteiger partial charge in [0.2, 0.25) is 0 Å². The summed E-state index contributed by atoms with van der Waals surface area (Å²) in [4.78, 5) is 11.7. The highest BCUT2D eigenvalue weighted by atomic mass is 35.5. The molecule has 0 aromatic heterocycles. The number of nitrogens with one attached hydrogen (secondary N) is 1. The van der Waals surface area contributed by atoms with Gasteiger partial charge in [0.05, 0.1) is 0 Å². The zero-order chi connectivity index (χ0) is 15.9. The van der Waals surface area contributed by atoms with Gasteiger partial charge in [-0.25, -0.2) is 4.39 Å². The fourth-order valence-corrected chi connectivity index (χ4v) is 2.06. The van der Waals surface area contributed by atoms with E-state index in [1.165, 1.54) is 12.1 Å². The first-order chi connectivity index (χ1) is 10.5. The molecule has 22 heavy (non-hydrogen) atoms. The van der Waals surface area contributed by atoms with Crippen LogP contribution in [0.1, 0.15) is 11.1 Å². The molecular formula is C17H17ClFNO2. The molecule has 0 aliphatic carbocycles. The number of ether oxygens (including phenoxy) is 1. The summed E-state index contributed by atoms with van der Waals surface area (Å²) in [6.45, 7) is 2.24. The normalized spacial score (nSPS) is 10.3. The molecule has 0 aliphatic heterocycles. The van der Waals surface area contributed by atoms with E-state index in [-0.39, 0.29) is 18.3 Å². The monoisotopic (exact) mass is 321 g/mol. The van der Waals surface area contributed by atoms with E-state index in [2.05, 4.69) is 5.32 Å². The van der Waals surface area contributed by atoms with Crippen molar-refractivity contribution in [3.8, 4) is 5.75 Å². The van der Waals surface area contributed by atoms with E-state index in [4.69, 9.17) is 16.3 Å². The van der Waals surface area contributed by atoms with Gasteiger partial charge in [0.25, 0.3) is 5.91 Å². The number of aryl methyl sites for hydroxylation is 1. The van der Waals surface area contributed by atoms with E-state index >= 15 is 0 Å². The molecule has 0 fully saturated rings. The van der Waals surface area contributed by atoms with Crippen molar-refractivity contribution in [3.05, 3.63) is 64.4 Å². The Morgan fingerprint density at radius 1 is 1.27 bits per heavy atom. The van der Waals surface area contributed by atoms with Crippen molar-refractivity contribution < 1.29 is 13.9 Å². The van der Waals surface area contributed by atoms with Gasteiger partial charge >= 0.3 is 0 Å². The molecule has 5 heteroatoms. The Bertz CT molecular complexity index is 661. The number of hydrogen-bond acceptors (Lipinski definition) is 2. The summed E-state index contributed by atoms with van der Waals surface area (Å²) in [7, 11) is 0. The smallest absolute Gasteiger partial charge is 0.257 e. The highest BCUT2D eigenvalue weighted by Gasteiger charge is 2.04. The second-order valence-corrected chi connectivity index (χ2v) is 5.34. The van der Waals surface area contributed by atoms with Crippen LogP contribution >= 0.6 is 11.6 Å². The predicted molar refractivity (Wildman–Crippen MR) is 84.8 cm³/mol. The minimum Gasteiger partial charge on any atom is -0.484 e. The van der Waals surface area contributed by atoms with Crippen LogP contribution in [0.2, 0.25) is 5.02 Å². The van der Waals surface area contributed by atoms with Gasteiger partial charge in [0.15, 0.2) is 6.61 Å². The van der Waals surface area contributed by atoms with Crippen LogP contribution in [-0.2, 0) is 11.2 Å². The molecule has 0 bridgehead atoms. The van der Waals surface area contributed by atoms with E-state index in [0.29, 0.717) is 23.7 Å². The molecule has 2 aromatic carbocycles. The first kappa shape index (κ1) is 16.3. The molecule has 3 nitrogen and oxygen atoms in total. The third kappa shape index (κ3) is 5.04. The van der Waals surface area contributed by atoms with Crippen molar-refractivity contribution in [2.45, 2.75) is 13.3 Å². The lowest BCUT2D eigenvalue weighted by Crippen LogP contribution is -2.30. The summed E-state index contributed by atoms with van der Waals surface area (Å²) in [5.41, 5.74) is 1.74. The Hall–Kier alpha value is -2.07. The Morgan fingerprint density at radius 3 is 2.82 bits per heavy atom. The lowest BCUT2D eigenvalue weighted by Gasteiger charge is -2.08. The Labute approximate surface area is 134 Å². The number of hydrogen-bond donors (Lipinski definition) is 1. The van der Waals surface area contributed by atoms with Gasteiger partial charge in [-0.1, -0.05) is 23.7 Å². The van der Waals surface area contributed by atoms with Crippen LogP contribution in [0, 0.1) is 12.7 Å². The summed E-state index contributed by atoms with van der Waals surface area (Å²) < 4.78 is 18.4. The maximum absolute atomic E-state index is 13.0. The summed E-state index contributed by atoms with van der Waals surface area (Å²) in [6.07, 6.45) is 0.573. The maximum atomic E-state index is 13.0. The molecule has 0 atom stereocenters. The van der Waals surface area contributed by atoms with Crippen molar-refractivity contribution in [1.29, 1.82) is 0 Å². The number of rotatable bonds is 6. The van der Waals surface area contributed by atoms with Crippen molar-refractivity contribution >= 4 is 17.5 Å². The first-order valence-corrected chi connectivity index (χ1v) is 7.32. The van der Waals surface area contributed by atoms with Gasteiger partial charge in [-0.3, -0.25) is 4.79 Å². The van der Waals surface area contributed by atoms with Gasteiger partial charge < -0.3 is 10.1 Å². The lowest BCUT2D eigenvalue weighted by molar-refractivity contribution is -0.123. The van der Waals surface area contributed by atoms with E-state index in [1.807, 2.05) is 13.0 Å². The molecule has 0 unspecified atom stereocenters. The molecular weight excluding hydrogens is 305 g/mol. The predicted octanol–water partition coefficient (Wildman–Crippen LogP) is 3.53. The minimum atomic E-state index is -0.273. The van der Waals surface area contributed by atoms with E-state index in [0.717, 1.165) is 11.1 Å². The summed E-state index contributed by atoms with van der Waals surface area (Å²) in [6, 6.07) is 11.6. The van der Waals surface area contributed by atoms with E-state index in [9.17, 15) is 9.18 Å². The third-order valence-electron chi connectivity index (χ3n) is 3.12. The quantitative estimate of drug-likeness (QED) is 0.884. The molecule has 0 spiro atoms. The Balaban J connectivity index is 1.72. The molecule has 0 aliphatic rings. The van der Waals surface area contributed by atoms with E-state index in [1.54, 1.807) is 24.3 Å². The molecule has 1 amide bonds. The fourth-order valence-electron chi connectivity index (χ4n) is 1.95. The average molecular weight is 322 g/mol. The highest BCUT2D eigenvalue weighted by molar-refractivity contribution is 6.31. The number of halogens is 2. The van der Waals surface area contributed by atoms with Crippen LogP contribution in [0.15, 0.2) is 42.5 Å². The topological polar surface area (TPSA) is 38.3 Å². The van der Waals surface area contributed by atoms with Gasteiger partial charge in [0.1, 0.15) is 11.6 Å². The van der Waals surface area contributed by atoms with Gasteiger partial charge in [-0.15, -0.1) is 0 Å². The zero-order valence-electron chi connectivity index (χ0n) is 12.2. The molecule has 1 N–H and O–H groups in total. The maximum Gasteiger partial charge on any atom is 0.257 e. The van der Waals surface area contributed by atoms with Crippen molar-refractivity contribution in [1.82, 2.24) is 5.32 Å². The summed E-state index contributed by atoms with van der Waals surface area (Å²) >= 11 is 5.92. The van der Waals surface area contributed by atoms with Gasteiger partial charge in [-0.05, 0) is 54.8 Å². The molecule has 2 rings (SSSR count). The van der Waals surface area contributed by atoms with Crippen LogP contribution in [0.4, 0.5) is 4.39 Å². The second kappa shape index (κ2) is 7.80. The molecule has 0 saturated carbocycles. The van der Waals surface area contributed by atoms with Crippen LogP contribution in [0.5, 0.6) is 5.75 Å². The number of carbonyl (C=O) groups excluding carboxylic acids is 1. The minimum absolute atomic E-state index is 0.0653. The van der Waals surface area contributed by atoms with Crippen LogP contribution in [0.25, 0.3) is 0 Å². The van der Waals surface area contributed by atoms with Gasteiger partial charge in [0, 0.05) is 11.6 Å².